The molecule has 0 saturated carbocycles. The molecule has 1 atom stereocenters. The normalized spacial score (nSPS) is 12.3. The van der Waals surface area contributed by atoms with Crippen LogP contribution in [0.3, 0.4) is 0 Å². The van der Waals surface area contributed by atoms with Crippen molar-refractivity contribution < 1.29 is 18.7 Å². The molecular formula is C21H23NO5. The van der Waals surface area contributed by atoms with Crippen LogP contribution in [0.15, 0.2) is 45.6 Å². The van der Waals surface area contributed by atoms with Gasteiger partial charge in [0.2, 0.25) is 5.78 Å². The van der Waals surface area contributed by atoms with E-state index < -0.39 is 5.63 Å². The summed E-state index contributed by atoms with van der Waals surface area (Å²) in [6.07, 6.45) is 0. The van der Waals surface area contributed by atoms with Crippen LogP contribution in [0.25, 0.3) is 11.0 Å². The number of Topliss-reactive ketones (excluding diaryl/α,β-unsaturated/α-hetero) is 1. The molecule has 3 rings (SSSR count). The van der Waals surface area contributed by atoms with E-state index in [2.05, 4.69) is 11.5 Å². The van der Waals surface area contributed by atoms with Gasteiger partial charge in [0.1, 0.15) is 11.3 Å². The van der Waals surface area contributed by atoms with E-state index in [9.17, 15) is 9.59 Å². The standard InChI is InChI=1S/C21H23NO5/c1-13-9-18(15(3)22(13)14(2)11-25-4)19(23)12-26-17-7-5-16-6-8-21(24)27-20(16)10-17/h5-10,14H,11-12H2,1-4H3/t14-/m1/s1. The number of carbonyl (C=O) groups is 1. The summed E-state index contributed by atoms with van der Waals surface area (Å²) in [7, 11) is 1.66. The van der Waals surface area contributed by atoms with E-state index in [0.29, 0.717) is 23.5 Å². The lowest BCUT2D eigenvalue weighted by Gasteiger charge is -2.17. The summed E-state index contributed by atoms with van der Waals surface area (Å²) in [5.74, 6) is 0.375. The van der Waals surface area contributed by atoms with Crippen LogP contribution in [0.2, 0.25) is 0 Å². The van der Waals surface area contributed by atoms with Gasteiger partial charge in [0.25, 0.3) is 0 Å². The molecule has 2 aromatic heterocycles. The first-order chi connectivity index (χ1) is 12.9. The summed E-state index contributed by atoms with van der Waals surface area (Å²) in [4.78, 5) is 24.0. The molecule has 0 N–H and O–H groups in total. The molecule has 6 nitrogen and oxygen atoms in total. The third kappa shape index (κ3) is 3.95. The minimum Gasteiger partial charge on any atom is -0.485 e. The molecule has 0 radical (unpaired) electrons. The Morgan fingerprint density at radius 3 is 2.67 bits per heavy atom. The fourth-order valence-electron chi connectivity index (χ4n) is 3.41. The second-order valence-corrected chi connectivity index (χ2v) is 6.63. The number of ketones is 1. The van der Waals surface area contributed by atoms with Crippen LogP contribution in [-0.2, 0) is 4.74 Å². The molecular weight excluding hydrogens is 346 g/mol. The predicted molar refractivity (Wildman–Crippen MR) is 103 cm³/mol. The van der Waals surface area contributed by atoms with Gasteiger partial charge in [-0.25, -0.2) is 4.79 Å². The summed E-state index contributed by atoms with van der Waals surface area (Å²) in [6, 6.07) is 10.2. The van der Waals surface area contributed by atoms with Gasteiger partial charge in [-0.2, -0.15) is 0 Å². The van der Waals surface area contributed by atoms with E-state index in [-0.39, 0.29) is 18.4 Å². The molecule has 0 amide bonds. The van der Waals surface area contributed by atoms with E-state index in [1.165, 1.54) is 6.07 Å². The Morgan fingerprint density at radius 2 is 1.93 bits per heavy atom. The molecule has 27 heavy (non-hydrogen) atoms. The lowest BCUT2D eigenvalue weighted by atomic mass is 10.1. The van der Waals surface area contributed by atoms with Crippen molar-refractivity contribution in [3.63, 3.8) is 0 Å². The maximum absolute atomic E-state index is 12.7. The highest BCUT2D eigenvalue weighted by molar-refractivity contribution is 5.98. The Hall–Kier alpha value is -2.86. The second kappa shape index (κ2) is 7.80. The number of aryl methyl sites for hydroxylation is 1. The summed E-state index contributed by atoms with van der Waals surface area (Å²) in [5, 5.41) is 0.795. The number of ether oxygens (including phenoxy) is 2. The van der Waals surface area contributed by atoms with Crippen LogP contribution in [0, 0.1) is 13.8 Å². The molecule has 0 aliphatic rings. The van der Waals surface area contributed by atoms with Crippen LogP contribution in [-0.4, -0.2) is 30.7 Å². The monoisotopic (exact) mass is 369 g/mol. The zero-order valence-corrected chi connectivity index (χ0v) is 15.9. The Kier molecular flexibility index (Phi) is 5.46. The van der Waals surface area contributed by atoms with Crippen LogP contribution in [0.4, 0.5) is 0 Å². The van der Waals surface area contributed by atoms with Crippen molar-refractivity contribution >= 4 is 16.8 Å². The quantitative estimate of drug-likeness (QED) is 0.469. The first-order valence-electron chi connectivity index (χ1n) is 8.78. The molecule has 0 unspecified atom stereocenters. The Balaban J connectivity index is 1.76. The smallest absolute Gasteiger partial charge is 0.336 e. The van der Waals surface area contributed by atoms with Crippen molar-refractivity contribution in [1.82, 2.24) is 4.57 Å². The van der Waals surface area contributed by atoms with Crippen molar-refractivity contribution in [1.29, 1.82) is 0 Å². The van der Waals surface area contributed by atoms with Gasteiger partial charge >= 0.3 is 5.63 Å². The maximum atomic E-state index is 12.7. The summed E-state index contributed by atoms with van der Waals surface area (Å²) in [6.45, 7) is 6.44. The van der Waals surface area contributed by atoms with Crippen molar-refractivity contribution in [3.05, 3.63) is 63.8 Å². The minimum atomic E-state index is -0.423. The molecule has 0 aliphatic carbocycles. The third-order valence-corrected chi connectivity index (χ3v) is 4.60. The number of nitrogens with zero attached hydrogens (tertiary/aromatic N) is 1. The number of aromatic nitrogens is 1. The van der Waals surface area contributed by atoms with Crippen LogP contribution >= 0.6 is 0 Å². The topological polar surface area (TPSA) is 70.7 Å². The SMILES string of the molecule is COC[C@@H](C)n1c(C)cc(C(=O)COc2ccc3ccc(=O)oc3c2)c1C. The fourth-order valence-corrected chi connectivity index (χ4v) is 3.41. The number of hydrogen-bond donors (Lipinski definition) is 0. The molecule has 142 valence electrons. The van der Waals surface area contributed by atoms with Gasteiger partial charge in [-0.15, -0.1) is 0 Å². The van der Waals surface area contributed by atoms with E-state index in [0.717, 1.165) is 16.8 Å². The zero-order chi connectivity index (χ0) is 19.6. The average Bonchev–Trinajstić information content (AvgIpc) is 2.94. The van der Waals surface area contributed by atoms with Crippen LogP contribution in [0.1, 0.15) is 34.7 Å². The fraction of sp³-hybridized carbons (Fsp3) is 0.333. The number of methoxy groups -OCH3 is 1. The van der Waals surface area contributed by atoms with Gasteiger partial charge in [-0.1, -0.05) is 0 Å². The van der Waals surface area contributed by atoms with Gasteiger partial charge in [-0.05, 0) is 45.0 Å². The summed E-state index contributed by atoms with van der Waals surface area (Å²) < 4.78 is 18.1. The minimum absolute atomic E-state index is 0.0917. The molecule has 0 bridgehead atoms. The maximum Gasteiger partial charge on any atom is 0.336 e. The van der Waals surface area contributed by atoms with E-state index >= 15 is 0 Å². The lowest BCUT2D eigenvalue weighted by molar-refractivity contribution is 0.0920. The van der Waals surface area contributed by atoms with E-state index in [4.69, 9.17) is 13.9 Å². The first kappa shape index (κ1) is 18.9. The Morgan fingerprint density at radius 1 is 1.19 bits per heavy atom. The van der Waals surface area contributed by atoms with Crippen LogP contribution in [0.5, 0.6) is 5.75 Å². The number of rotatable bonds is 7. The molecule has 3 aromatic rings. The Labute approximate surface area is 157 Å². The highest BCUT2D eigenvalue weighted by Crippen LogP contribution is 2.23. The van der Waals surface area contributed by atoms with Crippen LogP contribution < -0.4 is 10.4 Å². The molecule has 1 aromatic carbocycles. The average molecular weight is 369 g/mol. The van der Waals surface area contributed by atoms with E-state index in [1.54, 1.807) is 31.4 Å². The van der Waals surface area contributed by atoms with Crippen molar-refractivity contribution in [2.24, 2.45) is 0 Å². The van der Waals surface area contributed by atoms with Crippen molar-refractivity contribution in [2.75, 3.05) is 20.3 Å². The molecule has 0 fully saturated rings. The summed E-state index contributed by atoms with van der Waals surface area (Å²) in [5.41, 5.74) is 2.55. The third-order valence-electron chi connectivity index (χ3n) is 4.60. The first-order valence-corrected chi connectivity index (χ1v) is 8.78. The van der Waals surface area contributed by atoms with E-state index in [1.807, 2.05) is 19.9 Å². The molecule has 0 aliphatic heterocycles. The number of benzene rings is 1. The zero-order valence-electron chi connectivity index (χ0n) is 15.9. The lowest BCUT2D eigenvalue weighted by Crippen LogP contribution is -2.16. The highest BCUT2D eigenvalue weighted by atomic mass is 16.5. The van der Waals surface area contributed by atoms with Gasteiger partial charge in [0.05, 0.1) is 12.6 Å². The van der Waals surface area contributed by atoms with Gasteiger partial charge in [0, 0.05) is 41.6 Å². The number of carbonyl (C=O) groups excluding carboxylic acids is 1. The summed E-state index contributed by atoms with van der Waals surface area (Å²) >= 11 is 0. The Bertz CT molecular complexity index is 1030. The second-order valence-electron chi connectivity index (χ2n) is 6.63. The van der Waals surface area contributed by atoms with Gasteiger partial charge < -0.3 is 18.5 Å². The molecule has 2 heterocycles. The largest absolute Gasteiger partial charge is 0.485 e. The van der Waals surface area contributed by atoms with Crippen molar-refractivity contribution in [3.8, 4) is 5.75 Å². The van der Waals surface area contributed by atoms with Gasteiger partial charge in [-0.3, -0.25) is 4.79 Å². The number of fused-ring (bicyclic) bond motifs is 1. The van der Waals surface area contributed by atoms with Crippen molar-refractivity contribution in [2.45, 2.75) is 26.8 Å². The number of hydrogen-bond acceptors (Lipinski definition) is 5. The highest BCUT2D eigenvalue weighted by Gasteiger charge is 2.19. The predicted octanol–water partition coefficient (Wildman–Crippen LogP) is 3.68. The molecule has 0 saturated heterocycles. The molecule has 6 heteroatoms. The molecule has 0 spiro atoms. The van der Waals surface area contributed by atoms with Gasteiger partial charge in [0.15, 0.2) is 6.61 Å².